The average Bonchev–Trinajstić information content (AvgIpc) is 3.14. The predicted molar refractivity (Wildman–Crippen MR) is 192 cm³/mol. The van der Waals surface area contributed by atoms with Crippen molar-refractivity contribution >= 4 is 0 Å². The van der Waals surface area contributed by atoms with Gasteiger partial charge >= 0.3 is 0 Å². The van der Waals surface area contributed by atoms with Crippen molar-refractivity contribution in [2.45, 2.75) is 143 Å². The number of rotatable bonds is 22. The Bertz CT molecular complexity index is 1190. The van der Waals surface area contributed by atoms with Crippen LogP contribution in [0.2, 0.25) is 0 Å². The van der Waals surface area contributed by atoms with Crippen molar-refractivity contribution in [2.75, 3.05) is 6.61 Å². The highest BCUT2D eigenvalue weighted by molar-refractivity contribution is 5.12. The number of ether oxygens (including phenoxy) is 2. The first kappa shape index (κ1) is 45.8. The summed E-state index contributed by atoms with van der Waals surface area (Å²) in [6, 6.07) is 0. The van der Waals surface area contributed by atoms with Crippen LogP contribution in [0.5, 0.6) is 0 Å². The molecule has 0 unspecified atom stereocenters. The summed E-state index contributed by atoms with van der Waals surface area (Å²) in [5.74, 6) is 0. The van der Waals surface area contributed by atoms with Gasteiger partial charge in [-0.15, -0.1) is 0 Å². The van der Waals surface area contributed by atoms with Crippen LogP contribution < -0.4 is 0 Å². The van der Waals surface area contributed by atoms with Crippen molar-refractivity contribution in [2.24, 2.45) is 0 Å². The van der Waals surface area contributed by atoms with Crippen LogP contribution in [-0.2, 0) is 9.47 Å². The van der Waals surface area contributed by atoms with Gasteiger partial charge in [-0.25, -0.2) is 0 Å². The van der Waals surface area contributed by atoms with Crippen molar-refractivity contribution in [1.29, 1.82) is 0 Å². The van der Waals surface area contributed by atoms with E-state index < -0.39 is 98.2 Å². The monoisotopic (exact) mass is 740 g/mol. The molecular formula is C38H60O14. The second kappa shape index (κ2) is 24.1. The molecular weight excluding hydrogens is 680 g/mol. The van der Waals surface area contributed by atoms with Crippen molar-refractivity contribution in [1.82, 2.24) is 0 Å². The smallest absolute Gasteiger partial charge is 0.115 e. The highest BCUT2D eigenvalue weighted by Gasteiger charge is 2.47. The lowest BCUT2D eigenvalue weighted by Gasteiger charge is -2.42. The van der Waals surface area contributed by atoms with Gasteiger partial charge in [-0.3, -0.25) is 0 Å². The van der Waals surface area contributed by atoms with Crippen LogP contribution in [-0.4, -0.2) is 159 Å². The fourth-order valence-electron chi connectivity index (χ4n) is 5.94. The Kier molecular flexibility index (Phi) is 21.2. The van der Waals surface area contributed by atoms with E-state index in [1.807, 2.05) is 42.5 Å². The van der Waals surface area contributed by atoms with Crippen LogP contribution in [0.3, 0.4) is 0 Å². The molecule has 0 bridgehead atoms. The lowest BCUT2D eigenvalue weighted by molar-refractivity contribution is -0.234. The van der Waals surface area contributed by atoms with Gasteiger partial charge in [0, 0.05) is 12.8 Å². The second-order valence-corrected chi connectivity index (χ2v) is 13.3. The van der Waals surface area contributed by atoms with E-state index in [1.54, 1.807) is 12.2 Å². The Balaban J connectivity index is 1.86. The summed E-state index contributed by atoms with van der Waals surface area (Å²) < 4.78 is 11.2. The third-order valence-corrected chi connectivity index (χ3v) is 9.20. The Labute approximate surface area is 305 Å². The Hall–Kier alpha value is -2.38. The van der Waals surface area contributed by atoms with Gasteiger partial charge in [0.15, 0.2) is 0 Å². The molecule has 12 N–H and O–H groups in total. The topological polar surface area (TPSA) is 261 Å². The molecule has 0 aliphatic carbocycles. The Morgan fingerprint density at radius 3 is 1.71 bits per heavy atom. The number of hydrogen-bond acceptors (Lipinski definition) is 14. The van der Waals surface area contributed by atoms with Crippen molar-refractivity contribution in [3.63, 3.8) is 0 Å². The first-order valence-corrected chi connectivity index (χ1v) is 17.8. The minimum absolute atomic E-state index is 0.0492. The number of hydrogen-bond donors (Lipinski definition) is 12. The molecule has 0 aromatic carbocycles. The molecule has 52 heavy (non-hydrogen) atoms. The van der Waals surface area contributed by atoms with Gasteiger partial charge in [0.1, 0.15) is 61.0 Å². The molecule has 2 saturated heterocycles. The zero-order valence-corrected chi connectivity index (χ0v) is 29.5. The zero-order chi connectivity index (χ0) is 38.8. The third-order valence-electron chi connectivity index (χ3n) is 9.20. The van der Waals surface area contributed by atoms with Gasteiger partial charge in [-0.2, -0.15) is 0 Å². The third kappa shape index (κ3) is 14.5. The van der Waals surface area contributed by atoms with E-state index in [1.165, 1.54) is 6.08 Å². The van der Waals surface area contributed by atoms with E-state index in [9.17, 15) is 56.2 Å². The maximum atomic E-state index is 10.9. The number of aliphatic hydroxyl groups excluding tert-OH is 12. The normalized spacial score (nSPS) is 31.7. The lowest BCUT2D eigenvalue weighted by atomic mass is 9.87. The maximum absolute atomic E-state index is 10.9. The summed E-state index contributed by atoms with van der Waals surface area (Å²) in [5.41, 5.74) is 0.0492. The van der Waals surface area contributed by atoms with E-state index in [0.717, 1.165) is 12.8 Å². The zero-order valence-electron chi connectivity index (χ0n) is 29.5. The molecule has 0 radical (unpaired) electrons. The number of allylic oxidation sites excluding steroid dienone is 10. The van der Waals surface area contributed by atoms with Gasteiger partial charge in [0.2, 0.25) is 0 Å². The molecule has 14 heteroatoms. The second-order valence-electron chi connectivity index (χ2n) is 13.3. The molecule has 2 heterocycles. The van der Waals surface area contributed by atoms with E-state index in [4.69, 9.17) is 14.6 Å². The standard InChI is InChI=1S/C38H60O14/c1-3-4-5-6-7-8-9-10-11-12-13-14-15-16-17-25(41)32(46)37-34(48)27(43)21-30(52-37)36(50)31(45)23(2)18-19-24(40)29-20-26(42)33(47)38(51-29)35(49)28(44)22-39/h3-5,8-13,16-17,24-50H,1-2,6-7,14-15,18-22H2/b5-4+,9-8+,11-10+,13-12+,17-16+/t24-,25+,26+,27-,28+,29+,30-,31-,32+,33+,34-,35-,36+,37+,38+/m1/s1. The summed E-state index contributed by atoms with van der Waals surface area (Å²) in [4.78, 5) is 0. The summed E-state index contributed by atoms with van der Waals surface area (Å²) in [5, 5.41) is 124. The van der Waals surface area contributed by atoms with Gasteiger partial charge < -0.3 is 70.8 Å². The molecule has 2 fully saturated rings. The van der Waals surface area contributed by atoms with Crippen LogP contribution >= 0.6 is 0 Å². The van der Waals surface area contributed by atoms with E-state index in [-0.39, 0.29) is 31.3 Å². The Morgan fingerprint density at radius 1 is 0.654 bits per heavy atom. The van der Waals surface area contributed by atoms with Gasteiger partial charge in [0.25, 0.3) is 0 Å². The summed E-state index contributed by atoms with van der Waals surface area (Å²) in [7, 11) is 0. The van der Waals surface area contributed by atoms with Crippen LogP contribution in [0.25, 0.3) is 0 Å². The van der Waals surface area contributed by atoms with Crippen LogP contribution in [0.15, 0.2) is 85.6 Å². The maximum Gasteiger partial charge on any atom is 0.115 e. The molecule has 15 atom stereocenters. The molecule has 0 amide bonds. The van der Waals surface area contributed by atoms with Gasteiger partial charge in [-0.1, -0.05) is 80.0 Å². The summed E-state index contributed by atoms with van der Waals surface area (Å²) in [6.45, 7) is 6.55. The minimum Gasteiger partial charge on any atom is -0.394 e. The number of aliphatic hydroxyl groups is 12. The van der Waals surface area contributed by atoms with Gasteiger partial charge in [-0.05, 0) is 44.1 Å². The molecule has 14 nitrogen and oxygen atoms in total. The molecule has 0 saturated carbocycles. The first-order chi connectivity index (χ1) is 24.7. The lowest BCUT2D eigenvalue weighted by Crippen LogP contribution is -2.59. The molecule has 2 aliphatic heterocycles. The molecule has 2 aliphatic rings. The number of unbranched alkanes of at least 4 members (excludes halogenated alkanes) is 2. The first-order valence-electron chi connectivity index (χ1n) is 17.8. The van der Waals surface area contributed by atoms with Crippen LogP contribution in [0.1, 0.15) is 51.4 Å². The van der Waals surface area contributed by atoms with Crippen molar-refractivity contribution < 1.29 is 70.8 Å². The quantitative estimate of drug-likeness (QED) is 0.0366. The average molecular weight is 741 g/mol. The predicted octanol–water partition coefficient (Wildman–Crippen LogP) is -0.873. The minimum atomic E-state index is -1.75. The Morgan fingerprint density at radius 2 is 1.15 bits per heavy atom. The van der Waals surface area contributed by atoms with E-state index in [0.29, 0.717) is 12.8 Å². The highest BCUT2D eigenvalue weighted by Crippen LogP contribution is 2.31. The molecule has 0 aromatic rings. The van der Waals surface area contributed by atoms with Crippen LogP contribution in [0, 0.1) is 0 Å². The van der Waals surface area contributed by atoms with E-state index >= 15 is 0 Å². The SMILES string of the molecule is C=C/C=C/CC/C=C/C=C/C=C/CC/C=C/[C@H](O)[C@H](O)[C@@H]1O[C@@H]([C@H](O)[C@H](O)C(=C)CC[C@@H](O)[C@@H]2C[C@H](O)[C@H](O)[C@@H]([C@H](O)[C@@H](O)CO)O2)C[C@@H](O)[C@H]1O. The largest absolute Gasteiger partial charge is 0.394 e. The van der Waals surface area contributed by atoms with Crippen molar-refractivity contribution in [3.05, 3.63) is 85.6 Å². The van der Waals surface area contributed by atoms with Gasteiger partial charge in [0.05, 0.1) is 37.1 Å². The van der Waals surface area contributed by atoms with E-state index in [2.05, 4.69) is 19.2 Å². The molecule has 296 valence electrons. The summed E-state index contributed by atoms with van der Waals surface area (Å²) in [6.07, 6.45) is 0.0179. The molecule has 0 spiro atoms. The fourth-order valence-corrected chi connectivity index (χ4v) is 5.94. The molecule has 2 rings (SSSR count). The fraction of sp³-hybridized carbons (Fsp3) is 0.632. The van der Waals surface area contributed by atoms with Crippen molar-refractivity contribution in [3.8, 4) is 0 Å². The molecule has 0 aromatic heterocycles. The summed E-state index contributed by atoms with van der Waals surface area (Å²) >= 11 is 0. The van der Waals surface area contributed by atoms with Crippen LogP contribution in [0.4, 0.5) is 0 Å². The highest BCUT2D eigenvalue weighted by atomic mass is 16.6.